The number of carbonyl (C=O) groups excluding carboxylic acids is 4. The van der Waals surface area contributed by atoms with Crippen molar-refractivity contribution in [2.45, 2.75) is 65.4 Å². The molecular weight excluding hydrogens is 372 g/mol. The third kappa shape index (κ3) is 2.98. The van der Waals surface area contributed by atoms with Gasteiger partial charge in [-0.3, -0.25) is 19.2 Å². The van der Waals surface area contributed by atoms with Crippen LogP contribution in [0.2, 0.25) is 0 Å². The van der Waals surface area contributed by atoms with E-state index in [1.54, 1.807) is 6.08 Å². The summed E-state index contributed by atoms with van der Waals surface area (Å²) in [5.74, 6) is -0.384. The maximum Gasteiger partial charge on any atom is 0.302 e. The number of carbonyl (C=O) groups is 4. The number of hydrogen-bond donors (Lipinski definition) is 0. The van der Waals surface area contributed by atoms with Crippen molar-refractivity contribution in [2.75, 3.05) is 6.61 Å². The van der Waals surface area contributed by atoms with E-state index in [1.165, 1.54) is 13.8 Å². The number of hydrogen-bond acceptors (Lipinski definition) is 6. The van der Waals surface area contributed by atoms with Crippen LogP contribution in [0.15, 0.2) is 12.2 Å². The molecule has 0 N–H and O–H groups in total. The van der Waals surface area contributed by atoms with E-state index in [2.05, 4.69) is 6.92 Å². The summed E-state index contributed by atoms with van der Waals surface area (Å²) < 4.78 is 11.2. The Balaban J connectivity index is 1.80. The molecule has 3 saturated carbocycles. The summed E-state index contributed by atoms with van der Waals surface area (Å²) in [6.45, 7) is 4.83. The molecule has 0 aromatic rings. The van der Waals surface area contributed by atoms with E-state index in [0.29, 0.717) is 25.0 Å². The van der Waals surface area contributed by atoms with Crippen molar-refractivity contribution in [1.82, 2.24) is 0 Å². The number of rotatable bonds is 3. The van der Waals surface area contributed by atoms with Gasteiger partial charge in [-0.15, -0.1) is 0 Å². The van der Waals surface area contributed by atoms with Gasteiger partial charge in [0, 0.05) is 31.6 Å². The maximum absolute atomic E-state index is 13.4. The highest BCUT2D eigenvalue weighted by Gasteiger charge is 2.66. The number of ether oxygens (including phenoxy) is 2. The van der Waals surface area contributed by atoms with Gasteiger partial charge in [-0.1, -0.05) is 13.0 Å². The van der Waals surface area contributed by atoms with Crippen LogP contribution in [-0.4, -0.2) is 36.2 Å². The Bertz CT molecular complexity index is 784. The first-order chi connectivity index (χ1) is 13.7. The van der Waals surface area contributed by atoms with Gasteiger partial charge in [-0.2, -0.15) is 0 Å². The van der Waals surface area contributed by atoms with Crippen molar-refractivity contribution < 1.29 is 28.7 Å². The molecule has 0 heterocycles. The molecule has 4 aliphatic rings. The van der Waals surface area contributed by atoms with Gasteiger partial charge in [-0.05, 0) is 55.9 Å². The van der Waals surface area contributed by atoms with Crippen molar-refractivity contribution in [3.05, 3.63) is 12.2 Å². The van der Waals surface area contributed by atoms with Crippen molar-refractivity contribution in [3.63, 3.8) is 0 Å². The standard InChI is InChI=1S/C23H30O6/c1-13(24)28-12-23-17-9-10-22(3)16(7-8-20(22)26)15(17)11-19(29-14(2)25)18(23)5-4-6-21(23)27/h4,6,15-19H,5,7-12H2,1-3H3/t15?,16?,17?,18-,19+,22?,23?/m1/s1. The second-order valence-electron chi connectivity index (χ2n) is 9.61. The first-order valence-corrected chi connectivity index (χ1v) is 10.7. The smallest absolute Gasteiger partial charge is 0.302 e. The van der Waals surface area contributed by atoms with Crippen molar-refractivity contribution >= 4 is 23.5 Å². The lowest BCUT2D eigenvalue weighted by atomic mass is 9.44. The van der Waals surface area contributed by atoms with Crippen LogP contribution in [-0.2, 0) is 28.7 Å². The summed E-state index contributed by atoms with van der Waals surface area (Å²) in [5, 5.41) is 0. The van der Waals surface area contributed by atoms with E-state index in [9.17, 15) is 19.2 Å². The normalized spacial score (nSPS) is 43.2. The second-order valence-corrected chi connectivity index (χ2v) is 9.61. The van der Waals surface area contributed by atoms with Crippen molar-refractivity contribution in [2.24, 2.45) is 34.5 Å². The van der Waals surface area contributed by atoms with Crippen molar-refractivity contribution in [3.8, 4) is 0 Å². The number of allylic oxidation sites excluding steroid dienone is 2. The molecule has 0 saturated heterocycles. The largest absolute Gasteiger partial charge is 0.465 e. The molecule has 29 heavy (non-hydrogen) atoms. The van der Waals surface area contributed by atoms with Crippen LogP contribution in [0.25, 0.3) is 0 Å². The molecule has 0 radical (unpaired) electrons. The van der Waals surface area contributed by atoms with E-state index >= 15 is 0 Å². The van der Waals surface area contributed by atoms with Crippen LogP contribution in [0, 0.1) is 34.5 Å². The van der Waals surface area contributed by atoms with Gasteiger partial charge in [-0.25, -0.2) is 0 Å². The molecule has 0 aromatic carbocycles. The SMILES string of the molecule is CC(=O)OCC12C(=O)C=CC[C@@H]1[C@@H](OC(C)=O)CC1C3CCC(=O)C3(C)CCC12. The summed E-state index contributed by atoms with van der Waals surface area (Å²) in [5.41, 5.74) is -1.23. The Labute approximate surface area is 171 Å². The molecule has 0 aliphatic heterocycles. The quantitative estimate of drug-likeness (QED) is 0.675. The van der Waals surface area contributed by atoms with E-state index in [-0.39, 0.29) is 47.4 Å². The third-order valence-corrected chi connectivity index (χ3v) is 8.37. The fourth-order valence-electron chi connectivity index (χ4n) is 7.12. The molecule has 0 bridgehead atoms. The minimum Gasteiger partial charge on any atom is -0.465 e. The summed E-state index contributed by atoms with van der Waals surface area (Å²) >= 11 is 0. The first-order valence-electron chi connectivity index (χ1n) is 10.7. The van der Waals surface area contributed by atoms with Crippen molar-refractivity contribution in [1.29, 1.82) is 0 Å². The Morgan fingerprint density at radius 3 is 2.55 bits per heavy atom. The van der Waals surface area contributed by atoms with Gasteiger partial charge in [0.25, 0.3) is 0 Å². The lowest BCUT2D eigenvalue weighted by Gasteiger charge is -2.59. The molecule has 6 nitrogen and oxygen atoms in total. The molecular formula is C23H30O6. The van der Waals surface area contributed by atoms with Crippen LogP contribution in [0.5, 0.6) is 0 Å². The van der Waals surface area contributed by atoms with Gasteiger partial charge in [0.2, 0.25) is 0 Å². The Morgan fingerprint density at radius 2 is 1.86 bits per heavy atom. The molecule has 7 atom stereocenters. The summed E-state index contributed by atoms with van der Waals surface area (Å²) in [6.07, 6.45) is 7.27. The fourth-order valence-corrected chi connectivity index (χ4v) is 7.12. The fraction of sp³-hybridized carbons (Fsp3) is 0.739. The predicted octanol–water partition coefficient (Wildman–Crippen LogP) is 3.03. The van der Waals surface area contributed by atoms with Crippen LogP contribution in [0.4, 0.5) is 0 Å². The molecule has 4 aliphatic carbocycles. The molecule has 158 valence electrons. The molecule has 6 heteroatoms. The van der Waals surface area contributed by atoms with Gasteiger partial charge in [0.05, 0.1) is 5.41 Å². The maximum atomic E-state index is 13.4. The molecule has 0 amide bonds. The lowest BCUT2D eigenvalue weighted by Crippen LogP contribution is -2.63. The summed E-state index contributed by atoms with van der Waals surface area (Å²) in [7, 11) is 0. The predicted molar refractivity (Wildman–Crippen MR) is 104 cm³/mol. The number of esters is 2. The molecule has 5 unspecified atom stereocenters. The summed E-state index contributed by atoms with van der Waals surface area (Å²) in [4.78, 5) is 49.6. The zero-order valence-corrected chi connectivity index (χ0v) is 17.4. The topological polar surface area (TPSA) is 86.7 Å². The Morgan fingerprint density at radius 1 is 1.10 bits per heavy atom. The highest BCUT2D eigenvalue weighted by Crippen LogP contribution is 2.64. The summed E-state index contributed by atoms with van der Waals surface area (Å²) in [6, 6.07) is 0. The molecule has 0 aromatic heterocycles. The van der Waals surface area contributed by atoms with Gasteiger partial charge < -0.3 is 9.47 Å². The minimum absolute atomic E-state index is 0.0203. The molecule has 0 spiro atoms. The number of ketones is 2. The van der Waals surface area contributed by atoms with Crippen LogP contribution >= 0.6 is 0 Å². The highest BCUT2D eigenvalue weighted by molar-refractivity contribution is 5.97. The number of fused-ring (bicyclic) bond motifs is 5. The minimum atomic E-state index is -0.879. The monoisotopic (exact) mass is 402 g/mol. The first kappa shape index (κ1) is 20.3. The van der Waals surface area contributed by atoms with Crippen LogP contribution < -0.4 is 0 Å². The zero-order chi connectivity index (χ0) is 21.0. The molecule has 3 fully saturated rings. The van der Waals surface area contributed by atoms with E-state index in [0.717, 1.165) is 19.3 Å². The zero-order valence-electron chi connectivity index (χ0n) is 17.4. The third-order valence-electron chi connectivity index (χ3n) is 8.37. The van der Waals surface area contributed by atoms with E-state index < -0.39 is 17.5 Å². The van der Waals surface area contributed by atoms with Gasteiger partial charge in [0.15, 0.2) is 5.78 Å². The lowest BCUT2D eigenvalue weighted by molar-refractivity contribution is -0.195. The van der Waals surface area contributed by atoms with Crippen LogP contribution in [0.1, 0.15) is 59.3 Å². The molecule has 4 rings (SSSR count). The highest BCUT2D eigenvalue weighted by atomic mass is 16.5. The number of Topliss-reactive ketones (excluding diaryl/α,β-unsaturated/α-hetero) is 1. The van der Waals surface area contributed by atoms with E-state index in [1.807, 2.05) is 6.08 Å². The van der Waals surface area contributed by atoms with Gasteiger partial charge in [0.1, 0.15) is 18.5 Å². The van der Waals surface area contributed by atoms with Gasteiger partial charge >= 0.3 is 11.9 Å². The Kier molecular flexibility index (Phi) is 4.94. The average Bonchev–Trinajstić information content (AvgIpc) is 2.95. The second kappa shape index (κ2) is 7.06. The average molecular weight is 402 g/mol. The van der Waals surface area contributed by atoms with Crippen LogP contribution in [0.3, 0.4) is 0 Å². The Hall–Kier alpha value is -1.98. The van der Waals surface area contributed by atoms with E-state index in [4.69, 9.17) is 9.47 Å².